The van der Waals surface area contributed by atoms with Gasteiger partial charge >= 0.3 is 5.97 Å². The molecule has 21 heteroatoms. The van der Waals surface area contributed by atoms with Crippen LogP contribution in [0.3, 0.4) is 0 Å². The molecular weight excluding hydrogens is 744 g/mol. The van der Waals surface area contributed by atoms with Crippen molar-refractivity contribution < 1.29 is 102 Å². The van der Waals surface area contributed by atoms with Gasteiger partial charge in [-0.25, -0.2) is 4.79 Å². The molecule has 0 spiro atoms. The Morgan fingerprint density at radius 1 is 0.764 bits per heavy atom. The number of hydrogen-bond acceptors (Lipinski definition) is 21. The minimum atomic E-state index is -2.16. The first kappa shape index (κ1) is 42.2. The number of aliphatic hydroxyl groups is 7. The van der Waals surface area contributed by atoms with Gasteiger partial charge in [0, 0.05) is 12.1 Å². The van der Waals surface area contributed by atoms with Crippen LogP contribution in [0.1, 0.15) is 10.4 Å². The van der Waals surface area contributed by atoms with Crippen molar-refractivity contribution in [1.82, 2.24) is 0 Å². The fourth-order valence-electron chi connectivity index (χ4n) is 6.00. The molecule has 0 aliphatic carbocycles. The fraction of sp³-hybridized carbons (Fsp3) is 0.618. The van der Waals surface area contributed by atoms with Crippen LogP contribution >= 0.6 is 0 Å². The lowest BCUT2D eigenvalue weighted by Crippen LogP contribution is -2.62. The molecule has 2 aromatic rings. The second kappa shape index (κ2) is 17.4. The highest BCUT2D eigenvalue weighted by molar-refractivity contribution is 5.91. The molecular formula is C34H46O21. The van der Waals surface area contributed by atoms with E-state index in [1.54, 1.807) is 0 Å². The van der Waals surface area contributed by atoms with Crippen LogP contribution in [0.15, 0.2) is 24.3 Å². The Kier molecular flexibility index (Phi) is 13.4. The number of benzene rings is 2. The highest BCUT2D eigenvalue weighted by Crippen LogP contribution is 2.42. The zero-order valence-electron chi connectivity index (χ0n) is 30.4. The van der Waals surface area contributed by atoms with Gasteiger partial charge < -0.3 is 97.7 Å². The molecule has 55 heavy (non-hydrogen) atoms. The maximum Gasteiger partial charge on any atom is 0.338 e. The van der Waals surface area contributed by atoms with Crippen LogP contribution in [0, 0.1) is 0 Å². The van der Waals surface area contributed by atoms with Gasteiger partial charge in [0.05, 0.1) is 67.5 Å². The second-order valence-electron chi connectivity index (χ2n) is 12.9. The number of carbonyl (C=O) groups excluding carboxylic acids is 1. The average molecular weight is 791 g/mol. The summed E-state index contributed by atoms with van der Waals surface area (Å²) in [6.45, 7) is -3.30. The first-order chi connectivity index (χ1) is 26.2. The van der Waals surface area contributed by atoms with Crippen LogP contribution in [0.2, 0.25) is 0 Å². The zero-order chi connectivity index (χ0) is 40.2. The van der Waals surface area contributed by atoms with Gasteiger partial charge in [-0.15, -0.1) is 0 Å². The van der Waals surface area contributed by atoms with Crippen molar-refractivity contribution in [2.75, 3.05) is 68.6 Å². The monoisotopic (exact) mass is 790 g/mol. The van der Waals surface area contributed by atoms with Gasteiger partial charge in [0.2, 0.25) is 17.8 Å². The minimum absolute atomic E-state index is 0.0365. The molecule has 3 saturated heterocycles. The molecule has 21 nitrogen and oxygen atoms in total. The molecule has 0 radical (unpaired) electrons. The van der Waals surface area contributed by atoms with E-state index in [-0.39, 0.29) is 45.8 Å². The summed E-state index contributed by atoms with van der Waals surface area (Å²) in [5, 5.41) is 85.2. The van der Waals surface area contributed by atoms with E-state index in [2.05, 4.69) is 0 Å². The highest BCUT2D eigenvalue weighted by atomic mass is 16.8. The lowest BCUT2D eigenvalue weighted by atomic mass is 9.98. The van der Waals surface area contributed by atoms with Gasteiger partial charge in [-0.1, -0.05) is 0 Å². The number of methoxy groups -OCH3 is 5. The van der Waals surface area contributed by atoms with Crippen molar-refractivity contribution in [1.29, 1.82) is 0 Å². The van der Waals surface area contributed by atoms with Crippen LogP contribution in [0.5, 0.6) is 40.2 Å². The number of ether oxygens (including phenoxy) is 12. The largest absolute Gasteiger partial charge is 0.502 e. The van der Waals surface area contributed by atoms with Crippen LogP contribution in [0.4, 0.5) is 0 Å². The Morgan fingerprint density at radius 3 is 1.87 bits per heavy atom. The molecule has 2 aromatic carbocycles. The Bertz CT molecular complexity index is 1570. The highest BCUT2D eigenvalue weighted by Gasteiger charge is 2.55. The molecule has 11 atom stereocenters. The number of aliphatic hydroxyl groups excluding tert-OH is 5. The summed E-state index contributed by atoms with van der Waals surface area (Å²) in [5.41, 5.74) is -4.34. The van der Waals surface area contributed by atoms with Crippen LogP contribution in [-0.2, 0) is 28.4 Å². The van der Waals surface area contributed by atoms with Crippen LogP contribution in [-0.4, -0.2) is 182 Å². The number of phenols is 1. The Morgan fingerprint density at radius 2 is 1.33 bits per heavy atom. The summed E-state index contributed by atoms with van der Waals surface area (Å²) in [7, 11) is 6.66. The van der Waals surface area contributed by atoms with E-state index in [4.69, 9.17) is 56.8 Å². The third kappa shape index (κ3) is 8.57. The lowest BCUT2D eigenvalue weighted by Gasteiger charge is -2.43. The Balaban J connectivity index is 1.29. The van der Waals surface area contributed by atoms with Gasteiger partial charge in [-0.2, -0.15) is 0 Å². The van der Waals surface area contributed by atoms with E-state index in [1.807, 2.05) is 0 Å². The van der Waals surface area contributed by atoms with E-state index in [9.17, 15) is 45.6 Å². The predicted octanol–water partition coefficient (Wildman–Crippen LogP) is -2.59. The van der Waals surface area contributed by atoms with E-state index in [0.717, 1.165) is 0 Å². The van der Waals surface area contributed by atoms with Crippen molar-refractivity contribution >= 4 is 5.97 Å². The summed E-state index contributed by atoms with van der Waals surface area (Å²) in [5.74, 6) is -0.830. The number of hydrogen-bond donors (Lipinski definition) is 8. The quantitative estimate of drug-likeness (QED) is 0.0810. The second-order valence-corrected chi connectivity index (χ2v) is 12.9. The molecule has 0 aromatic heterocycles. The molecule has 2 unspecified atom stereocenters. The Hall–Kier alpha value is -3.97. The van der Waals surface area contributed by atoms with E-state index < -0.39 is 106 Å². The normalized spacial score (nSPS) is 33.2. The molecule has 8 N–H and O–H groups in total. The fourth-order valence-corrected chi connectivity index (χ4v) is 6.00. The summed E-state index contributed by atoms with van der Waals surface area (Å²) >= 11 is 0. The first-order valence-corrected chi connectivity index (χ1v) is 16.7. The minimum Gasteiger partial charge on any atom is -0.502 e. The number of phenolic OH excluding ortho intramolecular Hbond substituents is 1. The molecule has 3 fully saturated rings. The van der Waals surface area contributed by atoms with Gasteiger partial charge in [0.15, 0.2) is 47.3 Å². The van der Waals surface area contributed by atoms with E-state index in [1.165, 1.54) is 59.8 Å². The number of aromatic hydroxyl groups is 1. The topological polar surface area (TPSA) is 290 Å². The van der Waals surface area contributed by atoms with Crippen LogP contribution in [0.25, 0.3) is 0 Å². The van der Waals surface area contributed by atoms with E-state index in [0.29, 0.717) is 0 Å². The molecule has 0 amide bonds. The standard InChI is InChI=1S/C34H46O21/c1-44-17-6-15(7-18(45-2)22(17)36)29(41)50-13-34(43)14-51-31(27(34)39)49-10-21-23(37)24(38)26(55-32-28(40)33(42,11-35)12-52-32)30(54-21)53-16-8-19(46-3)25(48-5)20(9-16)47-4/h6-9,21,23-24,26-28,30-32,35-40,42-43H,10-14H2,1-5H3/t21-,23-,24+,26-,27+,28+,30-,31-,32+,33?,34?/m1/s1. The predicted molar refractivity (Wildman–Crippen MR) is 178 cm³/mol. The average Bonchev–Trinajstić information content (AvgIpc) is 3.64. The number of rotatable bonds is 16. The zero-order valence-corrected chi connectivity index (χ0v) is 30.4. The summed E-state index contributed by atoms with van der Waals surface area (Å²) in [4.78, 5) is 12.8. The van der Waals surface area contributed by atoms with Crippen molar-refractivity contribution in [2.24, 2.45) is 0 Å². The molecule has 0 saturated carbocycles. The molecule has 5 rings (SSSR count). The summed E-state index contributed by atoms with van der Waals surface area (Å²) < 4.78 is 65.6. The smallest absolute Gasteiger partial charge is 0.338 e. The third-order valence-electron chi connectivity index (χ3n) is 9.31. The molecule has 3 aliphatic heterocycles. The van der Waals surface area contributed by atoms with Crippen molar-refractivity contribution in [3.8, 4) is 40.2 Å². The van der Waals surface area contributed by atoms with Gasteiger partial charge in [-0.05, 0) is 12.1 Å². The molecule has 0 bridgehead atoms. The molecule has 3 aliphatic rings. The lowest BCUT2D eigenvalue weighted by molar-refractivity contribution is -0.324. The SMILES string of the molecule is COc1cc(C(=O)OCC2(O)CO[C@@H](OC[C@H]3O[C@@H](Oc4cc(OC)c(OC)c(OC)c4)[C@H](O[C@@H]4OCC(O)(CO)[C@H]4O)[C@@H](O)[C@@H]3O)[C@@H]2O)cc(OC)c1O. The van der Waals surface area contributed by atoms with Gasteiger partial charge in [0.1, 0.15) is 48.5 Å². The molecule has 3 heterocycles. The van der Waals surface area contributed by atoms with Crippen molar-refractivity contribution in [3.05, 3.63) is 29.8 Å². The summed E-state index contributed by atoms with van der Waals surface area (Å²) in [6.07, 6.45) is -15.0. The van der Waals surface area contributed by atoms with Crippen molar-refractivity contribution in [3.63, 3.8) is 0 Å². The third-order valence-corrected chi connectivity index (χ3v) is 9.31. The van der Waals surface area contributed by atoms with Crippen molar-refractivity contribution in [2.45, 2.75) is 66.7 Å². The number of carbonyl (C=O) groups is 1. The maximum absolute atomic E-state index is 12.8. The Labute approximate surface area is 313 Å². The van der Waals surface area contributed by atoms with Crippen LogP contribution < -0.4 is 28.4 Å². The van der Waals surface area contributed by atoms with E-state index >= 15 is 0 Å². The van der Waals surface area contributed by atoms with Gasteiger partial charge in [-0.3, -0.25) is 0 Å². The maximum atomic E-state index is 12.8. The number of esters is 1. The van der Waals surface area contributed by atoms with Gasteiger partial charge in [0.25, 0.3) is 0 Å². The molecule has 308 valence electrons. The first-order valence-electron chi connectivity index (χ1n) is 16.7. The summed E-state index contributed by atoms with van der Waals surface area (Å²) in [6, 6.07) is 5.18.